The number of hydrogen-bond donors (Lipinski definition) is 4. The lowest BCUT2D eigenvalue weighted by Gasteiger charge is -2.49. The first-order chi connectivity index (χ1) is 14.7. The average Bonchev–Trinajstić information content (AvgIpc) is 3.04. The fourth-order valence-electron chi connectivity index (χ4n) is 4.51. The number of benzene rings is 1. The van der Waals surface area contributed by atoms with Gasteiger partial charge in [-0.1, -0.05) is 12.2 Å². The number of ether oxygens (including phenoxy) is 3. The number of rotatable bonds is 3. The zero-order valence-electron chi connectivity index (χ0n) is 16.6. The largest absolute Gasteiger partial charge is 0.504 e. The molecule has 31 heavy (non-hydrogen) atoms. The van der Waals surface area contributed by atoms with E-state index in [1.165, 1.54) is 44.6 Å². The van der Waals surface area contributed by atoms with Crippen LogP contribution in [0.3, 0.4) is 0 Å². The van der Waals surface area contributed by atoms with Crippen molar-refractivity contribution in [1.82, 2.24) is 10.4 Å². The number of amides is 2. The number of methoxy groups -OCH3 is 2. The third kappa shape index (κ3) is 2.48. The van der Waals surface area contributed by atoms with Gasteiger partial charge in [-0.3, -0.25) is 14.4 Å². The molecule has 1 aromatic carbocycles. The SMILES string of the molecule is COc1ccc(C=C2NC(=O)C34CC5(O)C(C=CC(O)C5ON3C2=O)O4)c(O)c1OC. The molecule has 164 valence electrons. The van der Waals surface area contributed by atoms with E-state index < -0.39 is 41.5 Å². The molecule has 1 aromatic rings. The highest BCUT2D eigenvalue weighted by Crippen LogP contribution is 2.52. The van der Waals surface area contributed by atoms with Crippen LogP contribution in [0, 0.1) is 0 Å². The summed E-state index contributed by atoms with van der Waals surface area (Å²) in [5.41, 5.74) is -3.56. The van der Waals surface area contributed by atoms with Gasteiger partial charge in [-0.15, -0.1) is 0 Å². The van der Waals surface area contributed by atoms with Crippen molar-refractivity contribution >= 4 is 17.9 Å². The number of aromatic hydroxyl groups is 1. The van der Waals surface area contributed by atoms with Crippen molar-refractivity contribution in [3.8, 4) is 17.2 Å². The number of phenols is 1. The van der Waals surface area contributed by atoms with Crippen LogP contribution in [-0.4, -0.2) is 76.1 Å². The van der Waals surface area contributed by atoms with Crippen molar-refractivity contribution in [2.75, 3.05) is 14.2 Å². The van der Waals surface area contributed by atoms with E-state index in [4.69, 9.17) is 19.0 Å². The molecule has 1 spiro atoms. The number of aliphatic hydroxyl groups excluding tert-OH is 1. The predicted octanol–water partition coefficient (Wildman–Crippen LogP) is -0.831. The number of carbonyl (C=O) groups excluding carboxylic acids is 2. The Morgan fingerprint density at radius 2 is 2.03 bits per heavy atom. The fraction of sp³-hybridized carbons (Fsp3) is 0.400. The number of piperazine rings is 1. The molecule has 2 bridgehead atoms. The molecule has 0 radical (unpaired) electrons. The highest BCUT2D eigenvalue weighted by molar-refractivity contribution is 6.08. The van der Waals surface area contributed by atoms with Crippen LogP contribution < -0.4 is 14.8 Å². The highest BCUT2D eigenvalue weighted by Gasteiger charge is 2.73. The van der Waals surface area contributed by atoms with Crippen LogP contribution in [0.4, 0.5) is 0 Å². The number of aliphatic hydroxyl groups is 2. The number of nitrogens with zero attached hydrogens (tertiary/aromatic N) is 1. The zero-order chi connectivity index (χ0) is 22.1. The predicted molar refractivity (Wildman–Crippen MR) is 101 cm³/mol. The third-order valence-corrected chi connectivity index (χ3v) is 6.04. The van der Waals surface area contributed by atoms with Crippen LogP contribution in [0.5, 0.6) is 17.2 Å². The van der Waals surface area contributed by atoms with Crippen LogP contribution in [0.1, 0.15) is 12.0 Å². The Morgan fingerprint density at radius 1 is 1.26 bits per heavy atom. The Kier molecular flexibility index (Phi) is 4.12. The van der Waals surface area contributed by atoms with Gasteiger partial charge in [0.1, 0.15) is 29.6 Å². The number of carbonyl (C=O) groups is 2. The minimum absolute atomic E-state index is 0.0595. The maximum absolute atomic E-state index is 13.2. The van der Waals surface area contributed by atoms with Crippen molar-refractivity contribution in [2.24, 2.45) is 0 Å². The zero-order valence-corrected chi connectivity index (χ0v) is 16.6. The van der Waals surface area contributed by atoms with Gasteiger partial charge in [0, 0.05) is 12.0 Å². The quantitative estimate of drug-likeness (QED) is 0.355. The summed E-state index contributed by atoms with van der Waals surface area (Å²) in [5, 5.41) is 35.0. The topological polar surface area (TPSA) is 147 Å². The Bertz CT molecular complexity index is 1050. The standard InChI is InChI=1S/C20H20N2O9/c1-28-12-5-3-9(14(24)15(12)29-2)7-10-17(25)22-20(18(26)21-10)8-19(27)13(30-20)6-4-11(23)16(19)31-22/h3-7,11,13,16,23-24,27H,8H2,1-2H3,(H,21,26). The lowest BCUT2D eigenvalue weighted by Crippen LogP contribution is -2.72. The summed E-state index contributed by atoms with van der Waals surface area (Å²) in [5.74, 6) is -1.44. The van der Waals surface area contributed by atoms with Crippen molar-refractivity contribution in [1.29, 1.82) is 0 Å². The van der Waals surface area contributed by atoms with Gasteiger partial charge in [-0.25, -0.2) is 0 Å². The fourth-order valence-corrected chi connectivity index (χ4v) is 4.51. The van der Waals surface area contributed by atoms with Gasteiger partial charge in [0.25, 0.3) is 17.5 Å². The van der Waals surface area contributed by atoms with Crippen molar-refractivity contribution in [3.63, 3.8) is 0 Å². The van der Waals surface area contributed by atoms with E-state index in [0.29, 0.717) is 0 Å². The second-order valence-electron chi connectivity index (χ2n) is 7.74. The smallest absolute Gasteiger partial charge is 0.297 e. The number of phenolic OH excluding ortho intramolecular Hbond substituents is 1. The first-order valence-corrected chi connectivity index (χ1v) is 9.50. The van der Waals surface area contributed by atoms with Gasteiger partial charge in [-0.2, -0.15) is 5.06 Å². The summed E-state index contributed by atoms with van der Waals surface area (Å²) < 4.78 is 16.0. The molecular formula is C20H20N2O9. The molecule has 5 atom stereocenters. The van der Waals surface area contributed by atoms with E-state index in [0.717, 1.165) is 5.06 Å². The molecule has 1 aliphatic carbocycles. The Hall–Kier alpha value is -3.12. The molecule has 3 saturated heterocycles. The summed E-state index contributed by atoms with van der Waals surface area (Å²) >= 11 is 0. The minimum Gasteiger partial charge on any atom is -0.504 e. The maximum Gasteiger partial charge on any atom is 0.297 e. The molecule has 11 nitrogen and oxygen atoms in total. The molecule has 0 aromatic heterocycles. The average molecular weight is 432 g/mol. The van der Waals surface area contributed by atoms with Crippen LogP contribution in [0.25, 0.3) is 6.08 Å². The second-order valence-corrected chi connectivity index (χ2v) is 7.74. The molecular weight excluding hydrogens is 412 g/mol. The van der Waals surface area contributed by atoms with E-state index in [2.05, 4.69) is 5.32 Å². The molecule has 11 heteroatoms. The molecule has 3 heterocycles. The first kappa shape index (κ1) is 19.8. The van der Waals surface area contributed by atoms with Crippen molar-refractivity contribution in [2.45, 2.75) is 36.1 Å². The number of hydroxylamine groups is 2. The minimum atomic E-state index is -1.88. The van der Waals surface area contributed by atoms with E-state index in [-0.39, 0.29) is 34.9 Å². The van der Waals surface area contributed by atoms with Gasteiger partial charge < -0.3 is 34.8 Å². The van der Waals surface area contributed by atoms with Crippen LogP contribution in [0.15, 0.2) is 30.0 Å². The number of nitrogens with one attached hydrogen (secondary N) is 1. The molecule has 3 fully saturated rings. The molecule has 2 amide bonds. The summed E-state index contributed by atoms with van der Waals surface area (Å²) in [4.78, 5) is 31.8. The number of hydrogen-bond acceptors (Lipinski definition) is 9. The highest BCUT2D eigenvalue weighted by atomic mass is 16.8. The normalized spacial score (nSPS) is 37.0. The van der Waals surface area contributed by atoms with Crippen molar-refractivity contribution < 1.29 is 44.0 Å². The van der Waals surface area contributed by atoms with Gasteiger partial charge in [0.05, 0.1) is 14.2 Å². The summed E-state index contributed by atoms with van der Waals surface area (Å²) in [6, 6.07) is 3.01. The lowest BCUT2D eigenvalue weighted by atomic mass is 9.78. The van der Waals surface area contributed by atoms with Crippen molar-refractivity contribution in [3.05, 3.63) is 35.5 Å². The van der Waals surface area contributed by atoms with Gasteiger partial charge in [-0.05, 0) is 18.2 Å². The molecule has 5 rings (SSSR count). The summed E-state index contributed by atoms with van der Waals surface area (Å²) in [6.45, 7) is 0. The third-order valence-electron chi connectivity index (χ3n) is 6.04. The van der Waals surface area contributed by atoms with Gasteiger partial charge in [0.2, 0.25) is 5.75 Å². The van der Waals surface area contributed by atoms with Gasteiger partial charge >= 0.3 is 0 Å². The van der Waals surface area contributed by atoms with E-state index >= 15 is 0 Å². The van der Waals surface area contributed by atoms with E-state index in [9.17, 15) is 24.9 Å². The van der Waals surface area contributed by atoms with Crippen LogP contribution in [0.2, 0.25) is 0 Å². The molecule has 4 aliphatic rings. The first-order valence-electron chi connectivity index (χ1n) is 9.50. The summed E-state index contributed by atoms with van der Waals surface area (Å²) in [7, 11) is 2.76. The molecule has 3 aliphatic heterocycles. The van der Waals surface area contributed by atoms with E-state index in [1.807, 2.05) is 0 Å². The van der Waals surface area contributed by atoms with E-state index in [1.54, 1.807) is 0 Å². The maximum atomic E-state index is 13.2. The van der Waals surface area contributed by atoms with Crippen LogP contribution >= 0.6 is 0 Å². The van der Waals surface area contributed by atoms with Gasteiger partial charge in [0.15, 0.2) is 11.5 Å². The Morgan fingerprint density at radius 3 is 2.74 bits per heavy atom. The summed E-state index contributed by atoms with van der Waals surface area (Å²) in [6.07, 6.45) is 0.526. The molecule has 0 saturated carbocycles. The Balaban J connectivity index is 1.54. The lowest BCUT2D eigenvalue weighted by molar-refractivity contribution is -0.325. The Labute approximate surface area is 176 Å². The molecule has 4 N–H and O–H groups in total. The van der Waals surface area contributed by atoms with Crippen LogP contribution in [-0.2, 0) is 19.2 Å². The monoisotopic (exact) mass is 432 g/mol. The second kappa shape index (κ2) is 6.44. The molecule has 5 unspecified atom stereocenters.